The van der Waals surface area contributed by atoms with Crippen molar-refractivity contribution < 1.29 is 14.3 Å². The molecule has 2 aromatic carbocycles. The number of fused-ring (bicyclic) bond motifs is 1. The van der Waals surface area contributed by atoms with Crippen LogP contribution in [0, 0.1) is 0 Å². The second-order valence-corrected chi connectivity index (χ2v) is 6.70. The number of carbonyl (C=O) groups excluding carboxylic acids is 2. The summed E-state index contributed by atoms with van der Waals surface area (Å²) in [6.07, 6.45) is 1.08. The number of ether oxygens (including phenoxy) is 1. The Labute approximate surface area is 158 Å². The first-order chi connectivity index (χ1) is 13.0. The molecule has 0 aliphatic carbocycles. The number of amides is 1. The Morgan fingerprint density at radius 2 is 1.89 bits per heavy atom. The van der Waals surface area contributed by atoms with Crippen LogP contribution >= 0.6 is 0 Å². The Morgan fingerprint density at radius 3 is 2.56 bits per heavy atom. The minimum Gasteiger partial charge on any atom is -0.449 e. The second-order valence-electron chi connectivity index (χ2n) is 6.70. The topological polar surface area (TPSA) is 84.1 Å². The third kappa shape index (κ3) is 4.34. The molecule has 0 saturated carbocycles. The van der Waals surface area contributed by atoms with E-state index in [9.17, 15) is 9.59 Å². The molecule has 0 aliphatic heterocycles. The van der Waals surface area contributed by atoms with Gasteiger partial charge in [-0.3, -0.25) is 4.79 Å². The van der Waals surface area contributed by atoms with Gasteiger partial charge in [-0.1, -0.05) is 32.9 Å². The summed E-state index contributed by atoms with van der Waals surface area (Å²) >= 11 is 0. The van der Waals surface area contributed by atoms with Crippen molar-refractivity contribution in [2.45, 2.75) is 39.2 Å². The minimum absolute atomic E-state index is 0.342. The van der Waals surface area contributed by atoms with Crippen LogP contribution in [0.2, 0.25) is 0 Å². The van der Waals surface area contributed by atoms with Gasteiger partial charge in [-0.05, 0) is 48.2 Å². The van der Waals surface area contributed by atoms with Gasteiger partial charge in [0.15, 0.2) is 6.10 Å². The Balaban J connectivity index is 1.66. The number of benzene rings is 2. The number of imidazole rings is 1. The molecule has 0 aliphatic rings. The first-order valence-corrected chi connectivity index (χ1v) is 9.03. The van der Waals surface area contributed by atoms with Gasteiger partial charge in [-0.2, -0.15) is 0 Å². The van der Waals surface area contributed by atoms with Crippen LogP contribution in [0.3, 0.4) is 0 Å². The Morgan fingerprint density at radius 1 is 1.15 bits per heavy atom. The van der Waals surface area contributed by atoms with Crippen molar-refractivity contribution in [3.63, 3.8) is 0 Å². The monoisotopic (exact) mass is 365 g/mol. The van der Waals surface area contributed by atoms with Gasteiger partial charge in [-0.15, -0.1) is 0 Å². The molecule has 27 heavy (non-hydrogen) atoms. The highest BCUT2D eigenvalue weighted by atomic mass is 16.5. The normalized spacial score (nSPS) is 12.1. The SMILES string of the molecule is CCC(OC(=O)c1ccc2nc[nH]c2c1)C(=O)Nc1ccc(C(C)C)cc1. The molecule has 0 bridgehead atoms. The summed E-state index contributed by atoms with van der Waals surface area (Å²) in [4.78, 5) is 32.0. The number of esters is 1. The van der Waals surface area contributed by atoms with E-state index in [1.165, 1.54) is 5.56 Å². The molecule has 140 valence electrons. The number of aromatic amines is 1. The maximum atomic E-state index is 12.5. The standard InChI is InChI=1S/C21H23N3O3/c1-4-19(20(25)24-16-8-5-14(6-9-16)13(2)3)27-21(26)15-7-10-17-18(11-15)23-12-22-17/h5-13,19H,4H2,1-3H3,(H,22,23)(H,24,25). The number of hydrogen-bond donors (Lipinski definition) is 2. The quantitative estimate of drug-likeness (QED) is 0.639. The summed E-state index contributed by atoms with van der Waals surface area (Å²) in [6.45, 7) is 6.03. The van der Waals surface area contributed by atoms with Gasteiger partial charge >= 0.3 is 5.97 Å². The molecule has 1 aromatic heterocycles. The van der Waals surface area contributed by atoms with E-state index < -0.39 is 12.1 Å². The van der Waals surface area contributed by atoms with Crippen LogP contribution in [0.4, 0.5) is 5.69 Å². The third-order valence-corrected chi connectivity index (χ3v) is 4.41. The van der Waals surface area contributed by atoms with E-state index in [1.807, 2.05) is 24.3 Å². The molecule has 6 heteroatoms. The summed E-state index contributed by atoms with van der Waals surface area (Å²) in [5.41, 5.74) is 3.76. The number of anilines is 1. The van der Waals surface area contributed by atoms with E-state index in [2.05, 4.69) is 29.1 Å². The van der Waals surface area contributed by atoms with E-state index in [1.54, 1.807) is 31.5 Å². The van der Waals surface area contributed by atoms with Crippen LogP contribution in [-0.2, 0) is 9.53 Å². The molecule has 0 radical (unpaired) electrons. The molecule has 0 fully saturated rings. The van der Waals surface area contributed by atoms with Crippen LogP contribution in [0.1, 0.15) is 49.0 Å². The predicted molar refractivity (Wildman–Crippen MR) is 105 cm³/mol. The number of hydrogen-bond acceptors (Lipinski definition) is 4. The van der Waals surface area contributed by atoms with Crippen LogP contribution in [0.15, 0.2) is 48.8 Å². The second kappa shape index (κ2) is 8.03. The zero-order valence-corrected chi connectivity index (χ0v) is 15.7. The van der Waals surface area contributed by atoms with Crippen LogP contribution in [0.5, 0.6) is 0 Å². The lowest BCUT2D eigenvalue weighted by Crippen LogP contribution is -2.32. The fourth-order valence-electron chi connectivity index (χ4n) is 2.76. The van der Waals surface area contributed by atoms with Crippen molar-refractivity contribution in [2.75, 3.05) is 5.32 Å². The number of H-pyrrole nitrogens is 1. The molecule has 3 rings (SSSR count). The molecule has 2 N–H and O–H groups in total. The van der Waals surface area contributed by atoms with Crippen molar-refractivity contribution in [3.8, 4) is 0 Å². The van der Waals surface area contributed by atoms with Gasteiger partial charge in [0.05, 0.1) is 22.9 Å². The van der Waals surface area contributed by atoms with E-state index in [0.717, 1.165) is 11.0 Å². The highest BCUT2D eigenvalue weighted by molar-refractivity contribution is 5.98. The van der Waals surface area contributed by atoms with E-state index in [-0.39, 0.29) is 5.91 Å². The van der Waals surface area contributed by atoms with Gasteiger partial charge in [0.2, 0.25) is 0 Å². The lowest BCUT2D eigenvalue weighted by Gasteiger charge is -2.16. The van der Waals surface area contributed by atoms with Gasteiger partial charge in [0, 0.05) is 5.69 Å². The van der Waals surface area contributed by atoms with Crippen molar-refractivity contribution in [1.29, 1.82) is 0 Å². The average Bonchev–Trinajstić information content (AvgIpc) is 3.14. The molecule has 3 aromatic rings. The molecule has 6 nitrogen and oxygen atoms in total. The highest BCUT2D eigenvalue weighted by Crippen LogP contribution is 2.18. The average molecular weight is 365 g/mol. The Kier molecular flexibility index (Phi) is 5.54. The lowest BCUT2D eigenvalue weighted by molar-refractivity contribution is -0.124. The first kappa shape index (κ1) is 18.6. The number of carbonyl (C=O) groups is 2. The van der Waals surface area contributed by atoms with Gasteiger partial charge in [0.1, 0.15) is 0 Å². The van der Waals surface area contributed by atoms with Crippen LogP contribution in [-0.4, -0.2) is 27.9 Å². The van der Waals surface area contributed by atoms with E-state index in [4.69, 9.17) is 4.74 Å². The molecular weight excluding hydrogens is 342 g/mol. The lowest BCUT2D eigenvalue weighted by atomic mass is 10.0. The van der Waals surface area contributed by atoms with Crippen molar-refractivity contribution in [1.82, 2.24) is 9.97 Å². The highest BCUT2D eigenvalue weighted by Gasteiger charge is 2.22. The molecular formula is C21H23N3O3. The third-order valence-electron chi connectivity index (χ3n) is 4.41. The number of nitrogens with one attached hydrogen (secondary N) is 2. The molecule has 1 unspecified atom stereocenters. The van der Waals surface area contributed by atoms with Crippen molar-refractivity contribution in [2.24, 2.45) is 0 Å². The van der Waals surface area contributed by atoms with Crippen LogP contribution in [0.25, 0.3) is 11.0 Å². The van der Waals surface area contributed by atoms with E-state index >= 15 is 0 Å². The number of nitrogens with zero attached hydrogens (tertiary/aromatic N) is 1. The fraction of sp³-hybridized carbons (Fsp3) is 0.286. The van der Waals surface area contributed by atoms with Crippen LogP contribution < -0.4 is 5.32 Å². The summed E-state index contributed by atoms with van der Waals surface area (Å²) in [5, 5.41) is 2.81. The first-order valence-electron chi connectivity index (χ1n) is 9.03. The van der Waals surface area contributed by atoms with Gasteiger partial charge in [-0.25, -0.2) is 9.78 Å². The van der Waals surface area contributed by atoms with Gasteiger partial charge in [0.25, 0.3) is 5.91 Å². The van der Waals surface area contributed by atoms with E-state index in [0.29, 0.717) is 23.6 Å². The number of rotatable bonds is 6. The molecule has 1 heterocycles. The summed E-state index contributed by atoms with van der Waals surface area (Å²) in [7, 11) is 0. The minimum atomic E-state index is -0.861. The summed E-state index contributed by atoms with van der Waals surface area (Å²) < 4.78 is 5.42. The molecule has 0 saturated heterocycles. The maximum Gasteiger partial charge on any atom is 0.338 e. The smallest absolute Gasteiger partial charge is 0.338 e. The molecule has 1 amide bonds. The van der Waals surface area contributed by atoms with Crippen molar-refractivity contribution >= 4 is 28.6 Å². The van der Waals surface area contributed by atoms with Gasteiger partial charge < -0.3 is 15.0 Å². The maximum absolute atomic E-state index is 12.5. The zero-order chi connectivity index (χ0) is 19.4. The molecule has 0 spiro atoms. The fourth-order valence-corrected chi connectivity index (χ4v) is 2.76. The predicted octanol–water partition coefficient (Wildman–Crippen LogP) is 4.26. The summed E-state index contributed by atoms with van der Waals surface area (Å²) in [5.74, 6) is -0.458. The largest absolute Gasteiger partial charge is 0.449 e. The number of aromatic nitrogens is 2. The Bertz CT molecular complexity index is 945. The summed E-state index contributed by atoms with van der Waals surface area (Å²) in [6, 6.07) is 12.7. The molecule has 1 atom stereocenters. The zero-order valence-electron chi connectivity index (χ0n) is 15.7. The van der Waals surface area contributed by atoms with Crippen molar-refractivity contribution in [3.05, 3.63) is 59.9 Å². The Hall–Kier alpha value is -3.15.